The predicted molar refractivity (Wildman–Crippen MR) is 107 cm³/mol. The summed E-state index contributed by atoms with van der Waals surface area (Å²) in [4.78, 5) is 10.8. The Bertz CT molecular complexity index is 490. The minimum Gasteiger partial charge on any atom is -0.375 e. The highest BCUT2D eigenvalue weighted by atomic mass is 127. The standard InChI is InChI=1S/C16H26N4OS.HI/c1-13-12-20(8-9-21-13)16(17)18-11-14(15-5-4-10-22-15)19-6-2-3-7-19;/h4-5,10,13-14H,2-3,6-9,11-12H2,1H3,(H2,17,18);1H. The Balaban J connectivity index is 0.00000192. The number of halogens is 1. The van der Waals surface area contributed by atoms with Crippen molar-refractivity contribution in [3.05, 3.63) is 22.4 Å². The molecule has 2 fully saturated rings. The number of aliphatic imine (C=N–C) groups is 1. The average molecular weight is 450 g/mol. The van der Waals surface area contributed by atoms with Gasteiger partial charge < -0.3 is 15.4 Å². The maximum Gasteiger partial charge on any atom is 0.191 e. The molecule has 5 nitrogen and oxygen atoms in total. The summed E-state index contributed by atoms with van der Waals surface area (Å²) in [6.07, 6.45) is 2.82. The molecule has 2 atom stereocenters. The molecule has 2 N–H and O–H groups in total. The van der Waals surface area contributed by atoms with E-state index in [1.807, 2.05) is 11.3 Å². The molecule has 0 radical (unpaired) electrons. The summed E-state index contributed by atoms with van der Waals surface area (Å²) in [6.45, 7) is 7.59. The summed E-state index contributed by atoms with van der Waals surface area (Å²) < 4.78 is 5.57. The fourth-order valence-electron chi connectivity index (χ4n) is 3.23. The fourth-order valence-corrected chi connectivity index (χ4v) is 4.08. The molecule has 23 heavy (non-hydrogen) atoms. The van der Waals surface area contributed by atoms with E-state index in [0.29, 0.717) is 12.0 Å². The summed E-state index contributed by atoms with van der Waals surface area (Å²) in [7, 11) is 0. The molecule has 0 aliphatic carbocycles. The number of nitrogens with zero attached hydrogens (tertiary/aromatic N) is 3. The minimum absolute atomic E-state index is 0. The number of nitrogens with two attached hydrogens (primary N) is 1. The summed E-state index contributed by atoms with van der Waals surface area (Å²) >= 11 is 1.82. The Morgan fingerprint density at radius 1 is 1.43 bits per heavy atom. The van der Waals surface area contributed by atoms with Gasteiger partial charge in [0.25, 0.3) is 0 Å². The van der Waals surface area contributed by atoms with E-state index in [9.17, 15) is 0 Å². The molecule has 3 heterocycles. The van der Waals surface area contributed by atoms with Crippen molar-refractivity contribution >= 4 is 41.3 Å². The van der Waals surface area contributed by atoms with Crippen LogP contribution in [0.1, 0.15) is 30.7 Å². The van der Waals surface area contributed by atoms with Gasteiger partial charge in [-0.3, -0.25) is 9.89 Å². The topological polar surface area (TPSA) is 54.1 Å². The first-order valence-electron chi connectivity index (χ1n) is 8.18. The van der Waals surface area contributed by atoms with Crippen LogP contribution in [0.3, 0.4) is 0 Å². The van der Waals surface area contributed by atoms with Gasteiger partial charge in [0.05, 0.1) is 25.3 Å². The highest BCUT2D eigenvalue weighted by Crippen LogP contribution is 2.28. The van der Waals surface area contributed by atoms with Gasteiger partial charge in [0.2, 0.25) is 0 Å². The van der Waals surface area contributed by atoms with Gasteiger partial charge in [0.15, 0.2) is 5.96 Å². The second kappa shape index (κ2) is 9.19. The number of guanidine groups is 1. The molecule has 1 aromatic rings. The molecule has 0 bridgehead atoms. The molecule has 2 aliphatic rings. The molecule has 0 aromatic carbocycles. The van der Waals surface area contributed by atoms with Gasteiger partial charge in [0, 0.05) is 18.0 Å². The molecule has 2 unspecified atom stereocenters. The lowest BCUT2D eigenvalue weighted by atomic mass is 10.2. The van der Waals surface area contributed by atoms with E-state index in [1.165, 1.54) is 30.8 Å². The van der Waals surface area contributed by atoms with Crippen LogP contribution in [-0.2, 0) is 4.74 Å². The van der Waals surface area contributed by atoms with Crippen molar-refractivity contribution in [2.24, 2.45) is 10.7 Å². The molecule has 0 amide bonds. The highest BCUT2D eigenvalue weighted by molar-refractivity contribution is 14.0. The van der Waals surface area contributed by atoms with E-state index in [1.54, 1.807) is 0 Å². The van der Waals surface area contributed by atoms with E-state index in [-0.39, 0.29) is 30.1 Å². The van der Waals surface area contributed by atoms with Crippen molar-refractivity contribution in [2.45, 2.75) is 31.9 Å². The quantitative estimate of drug-likeness (QED) is 0.435. The number of likely N-dealkylation sites (tertiary alicyclic amines) is 1. The molecular formula is C16H27IN4OS. The number of rotatable bonds is 4. The highest BCUT2D eigenvalue weighted by Gasteiger charge is 2.25. The van der Waals surface area contributed by atoms with Crippen LogP contribution in [-0.4, -0.2) is 61.2 Å². The predicted octanol–water partition coefficient (Wildman–Crippen LogP) is 2.54. The van der Waals surface area contributed by atoms with Crippen molar-refractivity contribution in [2.75, 3.05) is 39.3 Å². The maximum atomic E-state index is 6.22. The Morgan fingerprint density at radius 2 is 2.22 bits per heavy atom. The van der Waals surface area contributed by atoms with E-state index >= 15 is 0 Å². The van der Waals surface area contributed by atoms with Crippen LogP contribution >= 0.6 is 35.3 Å². The largest absolute Gasteiger partial charge is 0.375 e. The lowest BCUT2D eigenvalue weighted by molar-refractivity contribution is 0.00526. The zero-order valence-electron chi connectivity index (χ0n) is 13.7. The van der Waals surface area contributed by atoms with Gasteiger partial charge in [0.1, 0.15) is 0 Å². The molecule has 0 saturated carbocycles. The number of hydrogen-bond donors (Lipinski definition) is 1. The second-order valence-electron chi connectivity index (χ2n) is 6.10. The summed E-state index contributed by atoms with van der Waals surface area (Å²) in [6, 6.07) is 4.72. The van der Waals surface area contributed by atoms with Crippen LogP contribution in [0.2, 0.25) is 0 Å². The van der Waals surface area contributed by atoms with Crippen molar-refractivity contribution in [1.29, 1.82) is 0 Å². The van der Waals surface area contributed by atoms with Crippen LogP contribution in [0, 0.1) is 0 Å². The Hall–Kier alpha value is -0.380. The first-order valence-corrected chi connectivity index (χ1v) is 9.06. The van der Waals surface area contributed by atoms with Gasteiger partial charge in [-0.2, -0.15) is 0 Å². The van der Waals surface area contributed by atoms with Crippen LogP contribution < -0.4 is 5.73 Å². The smallest absolute Gasteiger partial charge is 0.191 e. The summed E-state index contributed by atoms with van der Waals surface area (Å²) in [5.74, 6) is 0.663. The zero-order valence-corrected chi connectivity index (χ0v) is 16.8. The first-order chi connectivity index (χ1) is 10.7. The van der Waals surface area contributed by atoms with Crippen LogP contribution in [0.25, 0.3) is 0 Å². The SMILES string of the molecule is CC1CN(C(N)=NCC(c2cccs2)N2CCCC2)CCO1.I. The lowest BCUT2D eigenvalue weighted by Crippen LogP contribution is -2.48. The lowest BCUT2D eigenvalue weighted by Gasteiger charge is -2.32. The third kappa shape index (κ3) is 5.04. The van der Waals surface area contributed by atoms with Crippen molar-refractivity contribution in [1.82, 2.24) is 9.80 Å². The molecular weight excluding hydrogens is 423 g/mol. The fraction of sp³-hybridized carbons (Fsp3) is 0.688. The number of hydrogen-bond acceptors (Lipinski definition) is 4. The maximum absolute atomic E-state index is 6.22. The van der Waals surface area contributed by atoms with E-state index in [4.69, 9.17) is 15.5 Å². The minimum atomic E-state index is 0. The molecule has 2 aliphatic heterocycles. The average Bonchev–Trinajstić information content (AvgIpc) is 3.21. The molecule has 7 heteroatoms. The first kappa shape index (κ1) is 19.0. The van der Waals surface area contributed by atoms with E-state index in [2.05, 4.69) is 34.2 Å². The number of morpholine rings is 1. The molecule has 130 valence electrons. The monoisotopic (exact) mass is 450 g/mol. The number of thiophene rings is 1. The van der Waals surface area contributed by atoms with Gasteiger partial charge in [-0.25, -0.2) is 0 Å². The summed E-state index contributed by atoms with van der Waals surface area (Å²) in [5, 5.41) is 2.15. The Labute approximate surface area is 159 Å². The normalized spacial score (nSPS) is 24.5. The third-order valence-corrected chi connectivity index (χ3v) is 5.42. The van der Waals surface area contributed by atoms with Gasteiger partial charge >= 0.3 is 0 Å². The second-order valence-corrected chi connectivity index (χ2v) is 7.08. The Kier molecular flexibility index (Phi) is 7.58. The van der Waals surface area contributed by atoms with Crippen LogP contribution in [0.15, 0.2) is 22.5 Å². The van der Waals surface area contributed by atoms with Crippen LogP contribution in [0.5, 0.6) is 0 Å². The van der Waals surface area contributed by atoms with Crippen LogP contribution in [0.4, 0.5) is 0 Å². The van der Waals surface area contributed by atoms with Crippen molar-refractivity contribution < 1.29 is 4.74 Å². The molecule has 0 spiro atoms. The van der Waals surface area contributed by atoms with E-state index in [0.717, 1.165) is 26.2 Å². The summed E-state index contributed by atoms with van der Waals surface area (Å²) in [5.41, 5.74) is 6.22. The molecule has 3 rings (SSSR count). The molecule has 1 aromatic heterocycles. The third-order valence-electron chi connectivity index (χ3n) is 4.44. The van der Waals surface area contributed by atoms with Gasteiger partial charge in [-0.15, -0.1) is 35.3 Å². The van der Waals surface area contributed by atoms with E-state index < -0.39 is 0 Å². The Morgan fingerprint density at radius 3 is 2.87 bits per heavy atom. The van der Waals surface area contributed by atoms with Gasteiger partial charge in [-0.05, 0) is 44.3 Å². The number of ether oxygens (including phenoxy) is 1. The van der Waals surface area contributed by atoms with Crippen molar-refractivity contribution in [3.8, 4) is 0 Å². The van der Waals surface area contributed by atoms with Gasteiger partial charge in [-0.1, -0.05) is 6.07 Å². The molecule has 2 saturated heterocycles. The van der Waals surface area contributed by atoms with Crippen molar-refractivity contribution in [3.63, 3.8) is 0 Å². The zero-order chi connectivity index (χ0) is 15.4.